The molecule has 11 atom stereocenters. The molecule has 2 saturated heterocycles. The lowest BCUT2D eigenvalue weighted by molar-refractivity contribution is -0.344. The molecule has 3 fully saturated rings. The Bertz CT molecular complexity index is 1070. The number of aliphatic hydroxyl groups excluding tert-OH is 5. The summed E-state index contributed by atoms with van der Waals surface area (Å²) < 4.78 is 28.2. The van der Waals surface area contributed by atoms with Gasteiger partial charge in [-0.3, -0.25) is 0 Å². The minimum absolute atomic E-state index is 0.297. The number of rotatable bonds is 7. The molecule has 1 aliphatic carbocycles. The van der Waals surface area contributed by atoms with Gasteiger partial charge in [0.25, 0.3) is 0 Å². The number of aromatic hydroxyl groups is 2. The van der Waals surface area contributed by atoms with E-state index in [9.17, 15) is 40.5 Å². The van der Waals surface area contributed by atoms with Crippen LogP contribution < -0.4 is 0 Å². The summed E-state index contributed by atoms with van der Waals surface area (Å²) in [5, 5.41) is 69.0. The van der Waals surface area contributed by atoms with Crippen LogP contribution in [0.15, 0.2) is 36.6 Å². The van der Waals surface area contributed by atoms with Crippen LogP contribution in [0.25, 0.3) is 6.08 Å². The maximum absolute atomic E-state index is 12.6. The molecule has 1 aromatic rings. The molecule has 3 unspecified atom stereocenters. The van der Waals surface area contributed by atoms with Gasteiger partial charge in [-0.15, -0.1) is 0 Å². The van der Waals surface area contributed by atoms with E-state index >= 15 is 0 Å². The van der Waals surface area contributed by atoms with Gasteiger partial charge in [-0.05, 0) is 29.8 Å². The minimum atomic E-state index is -1.66. The SMILES string of the molecule is O=C(/C=C/c1ccc(O)c(O)c1)O[C@@H]1C2C=COC(O[C@@H]3O[C@H](CO)[C@@H](O)[C@H](O)[C@H]3O)C2[C@]2(CO)O[C@H]12. The number of hydrogen-bond acceptors (Lipinski definition) is 13. The molecule has 37 heavy (non-hydrogen) atoms. The summed E-state index contributed by atoms with van der Waals surface area (Å²) in [4.78, 5) is 12.6. The molecule has 13 nitrogen and oxygen atoms in total. The predicted molar refractivity (Wildman–Crippen MR) is 119 cm³/mol. The zero-order valence-electron chi connectivity index (χ0n) is 19.3. The Labute approximate surface area is 210 Å². The van der Waals surface area contributed by atoms with Gasteiger partial charge < -0.3 is 59.4 Å². The second-order valence-electron chi connectivity index (χ2n) is 9.40. The fourth-order valence-electron chi connectivity index (χ4n) is 5.27. The predicted octanol–water partition coefficient (Wildman–Crippen LogP) is -1.91. The molecule has 1 aromatic carbocycles. The van der Waals surface area contributed by atoms with Gasteiger partial charge in [0.05, 0.1) is 25.4 Å². The first kappa shape index (κ1) is 25.9. The van der Waals surface area contributed by atoms with E-state index in [1.807, 2.05) is 0 Å². The number of benzene rings is 1. The number of epoxide rings is 1. The van der Waals surface area contributed by atoms with Crippen LogP contribution in [-0.4, -0.2) is 110 Å². The highest BCUT2D eigenvalue weighted by atomic mass is 16.8. The van der Waals surface area contributed by atoms with Crippen LogP contribution >= 0.6 is 0 Å². The number of fused-ring (bicyclic) bond motifs is 3. The number of esters is 1. The average Bonchev–Trinajstić information content (AvgIpc) is 3.57. The van der Waals surface area contributed by atoms with Gasteiger partial charge in [-0.25, -0.2) is 4.79 Å². The highest BCUT2D eigenvalue weighted by molar-refractivity contribution is 5.87. The van der Waals surface area contributed by atoms with Crippen molar-refractivity contribution >= 4 is 12.0 Å². The molecule has 7 N–H and O–H groups in total. The summed E-state index contributed by atoms with van der Waals surface area (Å²) in [6, 6.07) is 4.04. The van der Waals surface area contributed by atoms with E-state index in [0.29, 0.717) is 5.56 Å². The number of aliphatic hydroxyl groups is 5. The van der Waals surface area contributed by atoms with Crippen molar-refractivity contribution in [2.45, 2.75) is 54.8 Å². The van der Waals surface area contributed by atoms with Crippen molar-refractivity contribution < 1.29 is 64.2 Å². The Hall–Kier alpha value is -2.75. The monoisotopic (exact) mass is 524 g/mol. The number of carbonyl (C=O) groups excluding carboxylic acids is 1. The largest absolute Gasteiger partial charge is 0.504 e. The molecular weight excluding hydrogens is 496 g/mol. The number of ether oxygens (including phenoxy) is 5. The van der Waals surface area contributed by atoms with E-state index in [0.717, 1.165) is 6.08 Å². The van der Waals surface area contributed by atoms with E-state index in [1.165, 1.54) is 30.5 Å². The lowest BCUT2D eigenvalue weighted by atomic mass is 9.85. The third kappa shape index (κ3) is 4.47. The van der Waals surface area contributed by atoms with Gasteiger partial charge in [-0.2, -0.15) is 0 Å². The van der Waals surface area contributed by atoms with Crippen LogP contribution in [0.5, 0.6) is 11.5 Å². The first-order valence-electron chi connectivity index (χ1n) is 11.7. The Morgan fingerprint density at radius 1 is 1.05 bits per heavy atom. The maximum atomic E-state index is 12.6. The summed E-state index contributed by atoms with van der Waals surface area (Å²) >= 11 is 0. The fraction of sp³-hybridized carbons (Fsp3) is 0.542. The molecular formula is C24H28O13. The van der Waals surface area contributed by atoms with Crippen molar-refractivity contribution in [1.82, 2.24) is 0 Å². The van der Waals surface area contributed by atoms with Crippen molar-refractivity contribution in [3.05, 3.63) is 42.2 Å². The van der Waals surface area contributed by atoms with Crippen molar-refractivity contribution in [3.8, 4) is 11.5 Å². The van der Waals surface area contributed by atoms with Crippen LogP contribution in [0.2, 0.25) is 0 Å². The molecule has 13 heteroatoms. The normalized spacial score (nSPS) is 42.2. The van der Waals surface area contributed by atoms with Crippen LogP contribution in [-0.2, 0) is 28.5 Å². The second-order valence-corrected chi connectivity index (χ2v) is 9.40. The molecule has 0 bridgehead atoms. The molecule has 1 saturated carbocycles. The van der Waals surface area contributed by atoms with E-state index < -0.39 is 85.8 Å². The molecule has 5 rings (SSSR count). The summed E-state index contributed by atoms with van der Waals surface area (Å²) in [5.74, 6) is -2.56. The zero-order chi connectivity index (χ0) is 26.5. The van der Waals surface area contributed by atoms with Crippen molar-refractivity contribution in [3.63, 3.8) is 0 Å². The van der Waals surface area contributed by atoms with Crippen molar-refractivity contribution in [2.24, 2.45) is 11.8 Å². The van der Waals surface area contributed by atoms with Crippen LogP contribution in [0, 0.1) is 11.8 Å². The average molecular weight is 524 g/mol. The van der Waals surface area contributed by atoms with Crippen LogP contribution in [0.1, 0.15) is 5.56 Å². The van der Waals surface area contributed by atoms with E-state index in [2.05, 4.69) is 0 Å². The van der Waals surface area contributed by atoms with Crippen molar-refractivity contribution in [2.75, 3.05) is 13.2 Å². The Balaban J connectivity index is 1.30. The Morgan fingerprint density at radius 2 is 1.84 bits per heavy atom. The van der Waals surface area contributed by atoms with E-state index in [4.69, 9.17) is 23.7 Å². The van der Waals surface area contributed by atoms with E-state index in [1.54, 1.807) is 6.08 Å². The van der Waals surface area contributed by atoms with Gasteiger partial charge in [0.15, 0.2) is 17.8 Å². The Kier molecular flexibility index (Phi) is 6.89. The summed E-state index contributed by atoms with van der Waals surface area (Å²) in [7, 11) is 0. The quantitative estimate of drug-likeness (QED) is 0.0900. The van der Waals surface area contributed by atoms with Crippen LogP contribution in [0.4, 0.5) is 0 Å². The lowest BCUT2D eigenvalue weighted by Gasteiger charge is -2.43. The fourth-order valence-corrected chi connectivity index (χ4v) is 5.27. The van der Waals surface area contributed by atoms with Gasteiger partial charge in [0.2, 0.25) is 6.29 Å². The van der Waals surface area contributed by atoms with E-state index in [-0.39, 0.29) is 11.5 Å². The number of hydrogen-bond donors (Lipinski definition) is 7. The summed E-state index contributed by atoms with van der Waals surface area (Å²) in [5.41, 5.74) is -0.714. The van der Waals surface area contributed by atoms with Gasteiger partial charge in [0.1, 0.15) is 42.2 Å². The summed E-state index contributed by atoms with van der Waals surface area (Å²) in [6.45, 7) is -1.08. The van der Waals surface area contributed by atoms with Gasteiger partial charge in [0, 0.05) is 12.0 Å². The standard InChI is InChI=1S/C24H28O13/c25-8-14-17(30)18(31)19(32)23(34-14)36-22-16-11(5-6-33-22)20(21-24(16,9-26)37-21)35-15(29)4-2-10-1-3-12(27)13(28)7-10/h1-7,11,14,16-23,25-28,30-32H,8-9H2/b4-2+/t11?,14-,16?,17-,18+,19-,20-,21-,22?,23+,24+/m1/s1. The second kappa shape index (κ2) is 9.85. The molecule has 0 radical (unpaired) electrons. The molecule has 0 spiro atoms. The van der Waals surface area contributed by atoms with Gasteiger partial charge >= 0.3 is 5.97 Å². The highest BCUT2D eigenvalue weighted by Gasteiger charge is 2.77. The van der Waals surface area contributed by atoms with Crippen LogP contribution in [0.3, 0.4) is 0 Å². The lowest BCUT2D eigenvalue weighted by Crippen LogP contribution is -2.60. The third-order valence-corrected chi connectivity index (χ3v) is 7.26. The molecule has 3 aliphatic heterocycles. The minimum Gasteiger partial charge on any atom is -0.504 e. The maximum Gasteiger partial charge on any atom is 0.331 e. The molecule has 202 valence electrons. The number of carbonyl (C=O) groups is 1. The van der Waals surface area contributed by atoms with Gasteiger partial charge in [-0.1, -0.05) is 6.07 Å². The topological polar surface area (TPSA) is 208 Å². The molecule has 3 heterocycles. The number of phenols is 2. The Morgan fingerprint density at radius 3 is 2.54 bits per heavy atom. The molecule has 4 aliphatic rings. The first-order valence-corrected chi connectivity index (χ1v) is 11.7. The molecule has 0 amide bonds. The summed E-state index contributed by atoms with van der Waals surface area (Å²) in [6.07, 6.45) is -4.68. The zero-order valence-corrected chi connectivity index (χ0v) is 19.3. The van der Waals surface area contributed by atoms with Crippen molar-refractivity contribution in [1.29, 1.82) is 0 Å². The number of phenolic OH excluding ortho intramolecular Hbond substituents is 2. The molecule has 0 aromatic heterocycles. The first-order chi connectivity index (χ1) is 17.7. The third-order valence-electron chi connectivity index (χ3n) is 7.26. The smallest absolute Gasteiger partial charge is 0.331 e. The highest BCUT2D eigenvalue weighted by Crippen LogP contribution is 2.60.